The van der Waals surface area contributed by atoms with E-state index >= 15 is 0 Å². The van der Waals surface area contributed by atoms with Crippen LogP contribution in [0.4, 0.5) is 0 Å². The van der Waals surface area contributed by atoms with Crippen LogP contribution in [0.15, 0.2) is 11.8 Å². The van der Waals surface area contributed by atoms with Gasteiger partial charge in [-0.25, -0.2) is 0 Å². The Balaban J connectivity index is 2.59. The summed E-state index contributed by atoms with van der Waals surface area (Å²) in [7, 11) is 3.00. The molecule has 110 valence electrons. The Morgan fingerprint density at radius 3 is 2.60 bits per heavy atom. The number of hydrogen-bond acceptors (Lipinski definition) is 5. The van der Waals surface area contributed by atoms with Crippen molar-refractivity contribution < 1.29 is 14.3 Å². The molecule has 0 radical (unpaired) electrons. The molecule has 0 aliphatic heterocycles. The molecule has 1 saturated carbocycles. The van der Waals surface area contributed by atoms with Crippen LogP contribution >= 0.6 is 0 Å². The molecule has 1 aliphatic carbocycles. The third kappa shape index (κ3) is 4.57. The summed E-state index contributed by atoms with van der Waals surface area (Å²) >= 11 is 0. The van der Waals surface area contributed by atoms with E-state index in [1.54, 1.807) is 11.9 Å². The first kappa shape index (κ1) is 16.0. The van der Waals surface area contributed by atoms with Gasteiger partial charge >= 0.3 is 5.97 Å². The largest absolute Gasteiger partial charge is 0.468 e. The highest BCUT2D eigenvalue weighted by molar-refractivity contribution is 5.97. The van der Waals surface area contributed by atoms with Crippen LogP contribution in [0.5, 0.6) is 0 Å². The van der Waals surface area contributed by atoms with Gasteiger partial charge < -0.3 is 15.0 Å². The number of nitrogens with one attached hydrogen (secondary N) is 1. The van der Waals surface area contributed by atoms with E-state index in [1.807, 2.05) is 6.07 Å². The molecule has 0 aromatic carbocycles. The van der Waals surface area contributed by atoms with Crippen molar-refractivity contribution in [1.29, 1.82) is 5.26 Å². The van der Waals surface area contributed by atoms with Crippen molar-refractivity contribution in [2.24, 2.45) is 0 Å². The summed E-state index contributed by atoms with van der Waals surface area (Å²) in [5, 5.41) is 11.7. The van der Waals surface area contributed by atoms with E-state index in [9.17, 15) is 9.59 Å². The first-order valence-electron chi connectivity index (χ1n) is 6.77. The molecule has 1 amide bonds. The Labute approximate surface area is 119 Å². The Bertz CT molecular complexity index is 420. The third-order valence-corrected chi connectivity index (χ3v) is 3.51. The number of amides is 1. The highest BCUT2D eigenvalue weighted by Gasteiger charge is 2.24. The lowest BCUT2D eigenvalue weighted by Gasteiger charge is -2.31. The van der Waals surface area contributed by atoms with Crippen LogP contribution in [-0.2, 0) is 14.3 Å². The van der Waals surface area contributed by atoms with Crippen LogP contribution in [-0.4, -0.2) is 43.5 Å². The van der Waals surface area contributed by atoms with Crippen LogP contribution in [0.25, 0.3) is 0 Å². The highest BCUT2D eigenvalue weighted by atomic mass is 16.5. The molecule has 6 heteroatoms. The molecule has 1 rings (SSSR count). The normalized spacial score (nSPS) is 16.1. The van der Waals surface area contributed by atoms with Crippen molar-refractivity contribution in [2.45, 2.75) is 38.1 Å². The molecular formula is C14H21N3O3. The zero-order valence-electron chi connectivity index (χ0n) is 12.0. The lowest BCUT2D eigenvalue weighted by molar-refractivity contribution is -0.139. The topological polar surface area (TPSA) is 82.4 Å². The quantitative estimate of drug-likeness (QED) is 0.460. The maximum atomic E-state index is 12.2. The van der Waals surface area contributed by atoms with E-state index in [-0.39, 0.29) is 24.1 Å². The van der Waals surface area contributed by atoms with Gasteiger partial charge in [0.05, 0.1) is 7.11 Å². The first-order valence-corrected chi connectivity index (χ1v) is 6.77. The lowest BCUT2D eigenvalue weighted by atomic mass is 9.94. The van der Waals surface area contributed by atoms with Crippen LogP contribution in [0.1, 0.15) is 32.1 Å². The molecule has 0 spiro atoms. The Hall–Kier alpha value is -2.03. The minimum atomic E-state index is -0.452. The summed E-state index contributed by atoms with van der Waals surface area (Å²) in [5.41, 5.74) is 0.00183. The van der Waals surface area contributed by atoms with Crippen molar-refractivity contribution in [3.05, 3.63) is 11.8 Å². The lowest BCUT2D eigenvalue weighted by Crippen LogP contribution is -2.39. The molecule has 1 fully saturated rings. The summed E-state index contributed by atoms with van der Waals surface area (Å²) in [5.74, 6) is -0.761. The van der Waals surface area contributed by atoms with Crippen LogP contribution in [0, 0.1) is 11.3 Å². The fourth-order valence-electron chi connectivity index (χ4n) is 2.27. The van der Waals surface area contributed by atoms with Gasteiger partial charge in [-0.2, -0.15) is 5.26 Å². The van der Waals surface area contributed by atoms with Gasteiger partial charge in [0, 0.05) is 19.3 Å². The fourth-order valence-corrected chi connectivity index (χ4v) is 2.27. The van der Waals surface area contributed by atoms with E-state index in [0.29, 0.717) is 0 Å². The number of nitriles is 1. The Morgan fingerprint density at radius 2 is 2.05 bits per heavy atom. The first-order chi connectivity index (χ1) is 9.60. The van der Waals surface area contributed by atoms with E-state index in [1.165, 1.54) is 19.7 Å². The van der Waals surface area contributed by atoms with Crippen molar-refractivity contribution in [3.8, 4) is 6.07 Å². The molecule has 0 saturated heterocycles. The molecule has 1 aliphatic rings. The van der Waals surface area contributed by atoms with Crippen LogP contribution < -0.4 is 5.32 Å². The molecule has 0 aromatic rings. The predicted octanol–water partition coefficient (Wildman–Crippen LogP) is 0.948. The number of nitrogens with zero attached hydrogens (tertiary/aromatic N) is 2. The van der Waals surface area contributed by atoms with Crippen molar-refractivity contribution >= 4 is 11.9 Å². The average Bonchev–Trinajstić information content (AvgIpc) is 2.50. The molecule has 1 N–H and O–H groups in total. The van der Waals surface area contributed by atoms with Gasteiger partial charge in [-0.05, 0) is 12.8 Å². The molecule has 0 unspecified atom stereocenters. The second kappa shape index (κ2) is 8.20. The molecule has 0 heterocycles. The highest BCUT2D eigenvalue weighted by Crippen LogP contribution is 2.22. The molecule has 0 atom stereocenters. The number of methoxy groups -OCH3 is 1. The predicted molar refractivity (Wildman–Crippen MR) is 73.4 cm³/mol. The average molecular weight is 279 g/mol. The van der Waals surface area contributed by atoms with E-state index in [4.69, 9.17) is 5.26 Å². The molecule has 0 bridgehead atoms. The van der Waals surface area contributed by atoms with E-state index in [2.05, 4.69) is 10.1 Å². The summed E-state index contributed by atoms with van der Waals surface area (Å²) in [4.78, 5) is 24.8. The smallest absolute Gasteiger partial charge is 0.325 e. The summed E-state index contributed by atoms with van der Waals surface area (Å²) < 4.78 is 4.46. The molecule has 20 heavy (non-hydrogen) atoms. The molecule has 6 nitrogen and oxygen atoms in total. The zero-order chi connectivity index (χ0) is 15.0. The number of esters is 1. The monoisotopic (exact) mass is 279 g/mol. The van der Waals surface area contributed by atoms with Gasteiger partial charge in [-0.15, -0.1) is 0 Å². The maximum absolute atomic E-state index is 12.2. The van der Waals surface area contributed by atoms with Gasteiger partial charge in [0.25, 0.3) is 5.91 Å². The van der Waals surface area contributed by atoms with Crippen molar-refractivity contribution in [1.82, 2.24) is 10.2 Å². The second-order valence-electron chi connectivity index (χ2n) is 4.83. The summed E-state index contributed by atoms with van der Waals surface area (Å²) in [6.45, 7) is -0.0674. The minimum Gasteiger partial charge on any atom is -0.468 e. The number of likely N-dealkylation sites (N-methyl/N-ethyl adjacent to an activating group) is 1. The van der Waals surface area contributed by atoms with Crippen molar-refractivity contribution in [2.75, 3.05) is 20.7 Å². The Morgan fingerprint density at radius 1 is 1.40 bits per heavy atom. The third-order valence-electron chi connectivity index (χ3n) is 3.51. The van der Waals surface area contributed by atoms with Gasteiger partial charge in [-0.3, -0.25) is 9.59 Å². The van der Waals surface area contributed by atoms with Gasteiger partial charge in [0.2, 0.25) is 0 Å². The van der Waals surface area contributed by atoms with Gasteiger partial charge in [-0.1, -0.05) is 19.3 Å². The SMILES string of the molecule is COC(=O)CN/C=C(/C#N)C(=O)N(C)C1CCCCC1. The van der Waals surface area contributed by atoms with Crippen LogP contribution in [0.3, 0.4) is 0 Å². The number of rotatable bonds is 5. The fraction of sp³-hybridized carbons (Fsp3) is 0.643. The van der Waals surface area contributed by atoms with Gasteiger partial charge in [0.1, 0.15) is 18.2 Å². The summed E-state index contributed by atoms with van der Waals surface area (Å²) in [6.07, 6.45) is 6.69. The maximum Gasteiger partial charge on any atom is 0.325 e. The number of carbonyl (C=O) groups excluding carboxylic acids is 2. The number of hydrogen-bond donors (Lipinski definition) is 1. The summed E-state index contributed by atoms with van der Waals surface area (Å²) in [6, 6.07) is 2.07. The number of carbonyl (C=O) groups is 2. The van der Waals surface area contributed by atoms with Gasteiger partial charge in [0.15, 0.2) is 0 Å². The zero-order valence-corrected chi connectivity index (χ0v) is 12.0. The minimum absolute atomic E-state index is 0.00183. The van der Waals surface area contributed by atoms with Crippen molar-refractivity contribution in [3.63, 3.8) is 0 Å². The van der Waals surface area contributed by atoms with E-state index < -0.39 is 5.97 Å². The molecule has 0 aromatic heterocycles. The number of ether oxygens (including phenoxy) is 1. The van der Waals surface area contributed by atoms with E-state index in [0.717, 1.165) is 25.7 Å². The Kier molecular flexibility index (Phi) is 6.57. The second-order valence-corrected chi connectivity index (χ2v) is 4.83. The molecular weight excluding hydrogens is 258 g/mol. The standard InChI is InChI=1S/C14H21N3O3/c1-17(12-6-4-3-5-7-12)14(19)11(8-15)9-16-10-13(18)20-2/h9,12,16H,3-7,10H2,1-2H3/b11-9-. The van der Waals surface area contributed by atoms with Crippen LogP contribution in [0.2, 0.25) is 0 Å².